The van der Waals surface area contributed by atoms with Gasteiger partial charge in [-0.3, -0.25) is 4.79 Å². The molecule has 2 N–H and O–H groups in total. The molecule has 2 aliphatic rings. The van der Waals surface area contributed by atoms with Crippen molar-refractivity contribution < 1.29 is 23.2 Å². The lowest BCUT2D eigenvalue weighted by molar-refractivity contribution is 0.0727. The van der Waals surface area contributed by atoms with Gasteiger partial charge in [0.15, 0.2) is 18.1 Å². The number of hydrogen-bond acceptors (Lipinski definition) is 7. The lowest BCUT2D eigenvalue weighted by Crippen LogP contribution is -2.44. The van der Waals surface area contributed by atoms with Crippen molar-refractivity contribution in [2.24, 2.45) is 11.3 Å². The number of nitrogens with zero attached hydrogens (tertiary/aromatic N) is 3. The summed E-state index contributed by atoms with van der Waals surface area (Å²) in [5.74, 6) is 1.06. The standard InChI is InChI=1S/C26H28FN5O4/c1-28-24(33)22-10-21(36-31-22)15-35-25(34)30-13-17-11-26(12-17)8-9-32(16-26)23-7-4-19(14-29-23)18-2-5-20(27)6-3-18/h2-7,10,14,17H,8-9,11-13,15-16H2,1H3,(H,28,33)(H,30,34). The minimum absolute atomic E-state index is 0.0909. The van der Waals surface area contributed by atoms with Crippen molar-refractivity contribution >= 4 is 17.8 Å². The number of carbonyl (C=O) groups excluding carboxylic acids is 2. The average molecular weight is 494 g/mol. The Labute approximate surface area is 208 Å². The van der Waals surface area contributed by atoms with Crippen LogP contribution in [-0.4, -0.2) is 48.8 Å². The highest BCUT2D eigenvalue weighted by atomic mass is 19.1. The summed E-state index contributed by atoms with van der Waals surface area (Å²) in [7, 11) is 1.50. The van der Waals surface area contributed by atoms with Gasteiger partial charge in [0.25, 0.3) is 5.91 Å². The summed E-state index contributed by atoms with van der Waals surface area (Å²) >= 11 is 0. The van der Waals surface area contributed by atoms with E-state index in [2.05, 4.69) is 25.7 Å². The highest BCUT2D eigenvalue weighted by Gasteiger charge is 2.48. The van der Waals surface area contributed by atoms with Gasteiger partial charge in [-0.2, -0.15) is 0 Å². The molecule has 3 aromatic rings. The van der Waals surface area contributed by atoms with Gasteiger partial charge in [0, 0.05) is 44.5 Å². The Balaban J connectivity index is 1.04. The van der Waals surface area contributed by atoms with Crippen molar-refractivity contribution in [2.45, 2.75) is 25.9 Å². The first-order valence-electron chi connectivity index (χ1n) is 12.0. The molecule has 2 amide bonds. The number of pyridine rings is 1. The number of aromatic nitrogens is 2. The van der Waals surface area contributed by atoms with Crippen LogP contribution in [0.2, 0.25) is 0 Å². The van der Waals surface area contributed by atoms with Crippen LogP contribution in [0.5, 0.6) is 0 Å². The molecule has 5 rings (SSSR count). The normalized spacial score (nSPS) is 20.7. The second kappa shape index (κ2) is 9.96. The van der Waals surface area contributed by atoms with Crippen molar-refractivity contribution in [1.82, 2.24) is 20.8 Å². The summed E-state index contributed by atoms with van der Waals surface area (Å²) in [5, 5.41) is 8.90. The Bertz CT molecular complexity index is 1220. The molecule has 0 bridgehead atoms. The maximum absolute atomic E-state index is 13.2. The van der Waals surface area contributed by atoms with E-state index in [0.29, 0.717) is 18.2 Å². The van der Waals surface area contributed by atoms with Gasteiger partial charge >= 0.3 is 6.09 Å². The molecule has 0 unspecified atom stereocenters. The van der Waals surface area contributed by atoms with Crippen LogP contribution in [0.1, 0.15) is 35.5 Å². The first kappa shape index (κ1) is 23.8. The Morgan fingerprint density at radius 2 is 1.97 bits per heavy atom. The molecule has 0 atom stereocenters. The van der Waals surface area contributed by atoms with E-state index >= 15 is 0 Å². The molecule has 0 radical (unpaired) electrons. The Morgan fingerprint density at radius 1 is 1.19 bits per heavy atom. The topological polar surface area (TPSA) is 110 Å². The number of rotatable bonds is 7. The summed E-state index contributed by atoms with van der Waals surface area (Å²) < 4.78 is 23.3. The summed E-state index contributed by atoms with van der Waals surface area (Å²) in [5.41, 5.74) is 2.31. The third-order valence-electron chi connectivity index (χ3n) is 7.03. The van der Waals surface area contributed by atoms with Crippen LogP contribution in [0.4, 0.5) is 15.0 Å². The minimum atomic E-state index is -0.521. The molecular weight excluding hydrogens is 465 g/mol. The number of halogens is 1. The Hall–Kier alpha value is -3.95. The smallest absolute Gasteiger partial charge is 0.407 e. The zero-order valence-corrected chi connectivity index (χ0v) is 20.0. The third kappa shape index (κ3) is 5.17. The largest absolute Gasteiger partial charge is 0.441 e. The number of anilines is 1. The van der Waals surface area contributed by atoms with Crippen LogP contribution in [0.25, 0.3) is 11.1 Å². The lowest BCUT2D eigenvalue weighted by atomic mass is 9.61. The van der Waals surface area contributed by atoms with Gasteiger partial charge < -0.3 is 24.8 Å². The molecule has 3 heterocycles. The maximum atomic E-state index is 13.2. The van der Waals surface area contributed by atoms with E-state index in [1.165, 1.54) is 25.2 Å². The molecule has 1 aliphatic heterocycles. The van der Waals surface area contributed by atoms with Crippen LogP contribution in [-0.2, 0) is 11.3 Å². The van der Waals surface area contributed by atoms with E-state index in [4.69, 9.17) is 9.26 Å². The summed E-state index contributed by atoms with van der Waals surface area (Å²) in [6, 6.07) is 11.9. The third-order valence-corrected chi connectivity index (χ3v) is 7.03. The molecular formula is C26H28FN5O4. The van der Waals surface area contributed by atoms with Gasteiger partial charge in [-0.25, -0.2) is 14.2 Å². The highest BCUT2D eigenvalue weighted by molar-refractivity contribution is 5.91. The van der Waals surface area contributed by atoms with Gasteiger partial charge in [-0.1, -0.05) is 17.3 Å². The average Bonchev–Trinajstić information content (AvgIpc) is 3.54. The van der Waals surface area contributed by atoms with E-state index in [9.17, 15) is 14.0 Å². The van der Waals surface area contributed by atoms with Crippen molar-refractivity contribution in [3.63, 3.8) is 0 Å². The van der Waals surface area contributed by atoms with Crippen LogP contribution in [0.3, 0.4) is 0 Å². The molecule has 2 aromatic heterocycles. The van der Waals surface area contributed by atoms with Crippen molar-refractivity contribution in [3.8, 4) is 11.1 Å². The predicted octanol–water partition coefficient (Wildman–Crippen LogP) is 3.77. The molecule has 1 aromatic carbocycles. The Kier molecular flexibility index (Phi) is 6.58. The number of carbonyl (C=O) groups is 2. The zero-order chi connectivity index (χ0) is 25.1. The number of benzene rings is 1. The SMILES string of the molecule is CNC(=O)c1cc(COC(=O)NCC2CC3(CCN(c4ccc(-c5ccc(F)cc5)cn4)C3)C2)on1. The molecule has 1 saturated carbocycles. The van der Waals surface area contributed by atoms with Gasteiger partial charge in [0.05, 0.1) is 0 Å². The fourth-order valence-electron chi connectivity index (χ4n) is 5.19. The highest BCUT2D eigenvalue weighted by Crippen LogP contribution is 2.52. The van der Waals surface area contributed by atoms with E-state index in [1.54, 1.807) is 12.1 Å². The first-order valence-corrected chi connectivity index (χ1v) is 12.0. The molecule has 2 fully saturated rings. The number of alkyl carbamates (subject to hydrolysis) is 1. The molecule has 1 saturated heterocycles. The molecule has 9 nitrogen and oxygen atoms in total. The fourth-order valence-corrected chi connectivity index (χ4v) is 5.19. The molecule has 1 aliphatic carbocycles. The molecule has 10 heteroatoms. The van der Waals surface area contributed by atoms with Gasteiger partial charge in [-0.05, 0) is 60.4 Å². The second-order valence-corrected chi connectivity index (χ2v) is 9.57. The zero-order valence-electron chi connectivity index (χ0n) is 20.0. The fraction of sp³-hybridized carbons (Fsp3) is 0.385. The van der Waals surface area contributed by atoms with E-state index in [0.717, 1.165) is 49.3 Å². The number of nitrogens with one attached hydrogen (secondary N) is 2. The van der Waals surface area contributed by atoms with E-state index < -0.39 is 6.09 Å². The number of hydrogen-bond donors (Lipinski definition) is 2. The predicted molar refractivity (Wildman–Crippen MR) is 130 cm³/mol. The summed E-state index contributed by atoms with van der Waals surface area (Å²) in [6.07, 6.45) is 4.52. The van der Waals surface area contributed by atoms with Crippen LogP contribution in [0.15, 0.2) is 53.2 Å². The van der Waals surface area contributed by atoms with Gasteiger partial charge in [0.2, 0.25) is 0 Å². The molecule has 36 heavy (non-hydrogen) atoms. The van der Waals surface area contributed by atoms with Crippen molar-refractivity contribution in [1.29, 1.82) is 0 Å². The Morgan fingerprint density at radius 3 is 2.69 bits per heavy atom. The minimum Gasteiger partial charge on any atom is -0.441 e. The summed E-state index contributed by atoms with van der Waals surface area (Å²) in [4.78, 5) is 30.5. The lowest BCUT2D eigenvalue weighted by Gasteiger charge is -2.45. The molecule has 1 spiro atoms. The van der Waals surface area contributed by atoms with Crippen molar-refractivity contribution in [2.75, 3.05) is 31.6 Å². The van der Waals surface area contributed by atoms with E-state index in [1.807, 2.05) is 18.3 Å². The van der Waals surface area contributed by atoms with E-state index in [-0.39, 0.29) is 29.4 Å². The quantitative estimate of drug-likeness (QED) is 0.516. The molecule has 188 valence electrons. The number of ether oxygens (including phenoxy) is 1. The van der Waals surface area contributed by atoms with Crippen molar-refractivity contribution in [3.05, 3.63) is 65.9 Å². The monoisotopic (exact) mass is 493 g/mol. The van der Waals surface area contributed by atoms with Crippen LogP contribution >= 0.6 is 0 Å². The summed E-state index contributed by atoms with van der Waals surface area (Å²) in [6.45, 7) is 2.38. The number of amides is 2. The second-order valence-electron chi connectivity index (χ2n) is 9.57. The van der Waals surface area contributed by atoms with Gasteiger partial charge in [-0.15, -0.1) is 0 Å². The first-order chi connectivity index (χ1) is 17.4. The van der Waals surface area contributed by atoms with Crippen LogP contribution in [0, 0.1) is 17.2 Å². The maximum Gasteiger partial charge on any atom is 0.407 e. The van der Waals surface area contributed by atoms with Gasteiger partial charge in [0.1, 0.15) is 11.6 Å². The van der Waals surface area contributed by atoms with Crippen LogP contribution < -0.4 is 15.5 Å².